The molecule has 0 radical (unpaired) electrons. The van der Waals surface area contributed by atoms with Gasteiger partial charge in [0.2, 0.25) is 0 Å². The highest BCUT2D eigenvalue weighted by Gasteiger charge is 2.24. The van der Waals surface area contributed by atoms with Crippen LogP contribution in [0.3, 0.4) is 0 Å². The Morgan fingerprint density at radius 2 is 1.95 bits per heavy atom. The second-order valence-corrected chi connectivity index (χ2v) is 6.05. The second-order valence-electron chi connectivity index (χ2n) is 6.05. The Morgan fingerprint density at radius 3 is 2.59 bits per heavy atom. The first-order chi connectivity index (χ1) is 10.6. The Labute approximate surface area is 131 Å². The lowest BCUT2D eigenvalue weighted by Gasteiger charge is -2.32. The van der Waals surface area contributed by atoms with Crippen molar-refractivity contribution in [2.75, 3.05) is 33.2 Å². The van der Waals surface area contributed by atoms with Crippen LogP contribution in [0.4, 0.5) is 0 Å². The third-order valence-electron chi connectivity index (χ3n) is 4.49. The molecule has 0 saturated carbocycles. The van der Waals surface area contributed by atoms with Gasteiger partial charge in [-0.05, 0) is 39.1 Å². The van der Waals surface area contributed by atoms with Gasteiger partial charge in [0, 0.05) is 37.6 Å². The van der Waals surface area contributed by atoms with Gasteiger partial charge in [-0.3, -0.25) is 4.79 Å². The molecule has 0 aliphatic carbocycles. The van der Waals surface area contributed by atoms with Crippen molar-refractivity contribution in [3.63, 3.8) is 0 Å². The van der Waals surface area contributed by atoms with Gasteiger partial charge in [-0.25, -0.2) is 0 Å². The second kappa shape index (κ2) is 6.01. The Kier molecular flexibility index (Phi) is 4.07. The summed E-state index contributed by atoms with van der Waals surface area (Å²) in [6.45, 7) is 8.21. The molecule has 1 amide bonds. The zero-order chi connectivity index (χ0) is 15.7. The van der Waals surface area contributed by atoms with Crippen LogP contribution in [0.15, 0.2) is 28.9 Å². The first-order valence-electron chi connectivity index (χ1n) is 7.73. The summed E-state index contributed by atoms with van der Waals surface area (Å²) >= 11 is 0. The van der Waals surface area contributed by atoms with Crippen molar-refractivity contribution < 1.29 is 9.21 Å². The van der Waals surface area contributed by atoms with Crippen LogP contribution >= 0.6 is 0 Å². The summed E-state index contributed by atoms with van der Waals surface area (Å²) in [5, 5.41) is 0. The van der Waals surface area contributed by atoms with Crippen LogP contribution < -0.4 is 0 Å². The summed E-state index contributed by atoms with van der Waals surface area (Å²) in [6, 6.07) is 5.85. The number of likely N-dealkylation sites (N-methyl/N-ethyl adjacent to an activating group) is 1. The quantitative estimate of drug-likeness (QED) is 0.872. The SMILES string of the molecule is Cc1cc(C(=O)N2CCN(C)CC2)c(C)n1Cc1ccco1. The first-order valence-corrected chi connectivity index (χ1v) is 7.73. The van der Waals surface area contributed by atoms with Gasteiger partial charge in [0.05, 0.1) is 18.4 Å². The summed E-state index contributed by atoms with van der Waals surface area (Å²) in [5.41, 5.74) is 2.91. The lowest BCUT2D eigenvalue weighted by Crippen LogP contribution is -2.47. The Bertz CT molecular complexity index is 650. The molecule has 1 aliphatic heterocycles. The molecule has 2 aromatic rings. The number of aryl methyl sites for hydroxylation is 1. The fourth-order valence-corrected chi connectivity index (χ4v) is 3.00. The van der Waals surface area contributed by atoms with Crippen LogP contribution in [-0.4, -0.2) is 53.5 Å². The molecule has 0 atom stereocenters. The summed E-state index contributed by atoms with van der Waals surface area (Å²) < 4.78 is 7.56. The van der Waals surface area contributed by atoms with Gasteiger partial charge in [-0.15, -0.1) is 0 Å². The summed E-state index contributed by atoms with van der Waals surface area (Å²) in [4.78, 5) is 17.0. The highest BCUT2D eigenvalue weighted by Crippen LogP contribution is 2.19. The molecule has 0 bridgehead atoms. The van der Waals surface area contributed by atoms with E-state index in [1.807, 2.05) is 36.9 Å². The van der Waals surface area contributed by atoms with Gasteiger partial charge < -0.3 is 18.8 Å². The number of rotatable bonds is 3. The minimum absolute atomic E-state index is 0.145. The number of amides is 1. The van der Waals surface area contributed by atoms with Crippen molar-refractivity contribution in [3.8, 4) is 0 Å². The number of furan rings is 1. The van der Waals surface area contributed by atoms with Crippen molar-refractivity contribution in [1.29, 1.82) is 0 Å². The molecule has 3 rings (SSSR count). The monoisotopic (exact) mass is 301 g/mol. The van der Waals surface area contributed by atoms with Gasteiger partial charge in [-0.1, -0.05) is 0 Å². The van der Waals surface area contributed by atoms with Crippen LogP contribution in [0.5, 0.6) is 0 Å². The summed E-state index contributed by atoms with van der Waals surface area (Å²) in [7, 11) is 2.09. The lowest BCUT2D eigenvalue weighted by molar-refractivity contribution is 0.0663. The number of hydrogen-bond acceptors (Lipinski definition) is 3. The van der Waals surface area contributed by atoms with E-state index in [9.17, 15) is 4.79 Å². The van der Waals surface area contributed by atoms with Crippen LogP contribution in [-0.2, 0) is 6.54 Å². The molecule has 1 fully saturated rings. The number of carbonyl (C=O) groups excluding carboxylic acids is 1. The fraction of sp³-hybridized carbons (Fsp3) is 0.471. The molecule has 1 aliphatic rings. The molecule has 0 N–H and O–H groups in total. The standard InChI is InChI=1S/C17H23N3O2/c1-13-11-16(17(21)19-8-6-18(3)7-9-19)14(2)20(13)12-15-5-4-10-22-15/h4-5,10-11H,6-9,12H2,1-3H3. The Hall–Kier alpha value is -2.01. The topological polar surface area (TPSA) is 41.6 Å². The van der Waals surface area contributed by atoms with E-state index in [-0.39, 0.29) is 5.91 Å². The molecule has 0 spiro atoms. The molecule has 2 aromatic heterocycles. The van der Waals surface area contributed by atoms with E-state index in [2.05, 4.69) is 16.5 Å². The van der Waals surface area contributed by atoms with Gasteiger partial charge in [0.25, 0.3) is 5.91 Å². The molecule has 1 saturated heterocycles. The third-order valence-corrected chi connectivity index (χ3v) is 4.49. The van der Waals surface area contributed by atoms with Crippen molar-refractivity contribution >= 4 is 5.91 Å². The number of nitrogens with zero attached hydrogens (tertiary/aromatic N) is 3. The van der Waals surface area contributed by atoms with E-state index in [1.165, 1.54) is 0 Å². The van der Waals surface area contributed by atoms with Gasteiger partial charge >= 0.3 is 0 Å². The van der Waals surface area contributed by atoms with Crippen LogP contribution in [0, 0.1) is 13.8 Å². The average molecular weight is 301 g/mol. The zero-order valence-electron chi connectivity index (χ0n) is 13.5. The van der Waals surface area contributed by atoms with Crippen molar-refractivity contribution in [2.45, 2.75) is 20.4 Å². The molecule has 22 heavy (non-hydrogen) atoms. The zero-order valence-corrected chi connectivity index (χ0v) is 13.5. The highest BCUT2D eigenvalue weighted by atomic mass is 16.3. The smallest absolute Gasteiger partial charge is 0.255 e. The van der Waals surface area contributed by atoms with E-state index in [1.54, 1.807) is 6.26 Å². The van der Waals surface area contributed by atoms with Crippen LogP contribution in [0.25, 0.3) is 0 Å². The first kappa shape index (κ1) is 14.9. The number of piperazine rings is 1. The van der Waals surface area contributed by atoms with Crippen molar-refractivity contribution in [3.05, 3.63) is 47.2 Å². The van der Waals surface area contributed by atoms with Crippen LogP contribution in [0.1, 0.15) is 27.5 Å². The summed E-state index contributed by atoms with van der Waals surface area (Å²) in [5.74, 6) is 1.05. The van der Waals surface area contributed by atoms with E-state index in [0.717, 1.165) is 48.9 Å². The van der Waals surface area contributed by atoms with E-state index >= 15 is 0 Å². The van der Waals surface area contributed by atoms with Crippen LogP contribution in [0.2, 0.25) is 0 Å². The summed E-state index contributed by atoms with van der Waals surface area (Å²) in [6.07, 6.45) is 1.68. The van der Waals surface area contributed by atoms with Crippen molar-refractivity contribution in [2.24, 2.45) is 0 Å². The lowest BCUT2D eigenvalue weighted by atomic mass is 10.2. The molecule has 0 aromatic carbocycles. The number of carbonyl (C=O) groups is 1. The maximum atomic E-state index is 12.8. The molecule has 5 heteroatoms. The maximum Gasteiger partial charge on any atom is 0.255 e. The number of aromatic nitrogens is 1. The van der Waals surface area contributed by atoms with E-state index in [4.69, 9.17) is 4.42 Å². The average Bonchev–Trinajstić information content (AvgIpc) is 3.11. The molecule has 3 heterocycles. The van der Waals surface area contributed by atoms with E-state index in [0.29, 0.717) is 6.54 Å². The normalized spacial score (nSPS) is 16.2. The van der Waals surface area contributed by atoms with Gasteiger partial charge in [0.1, 0.15) is 5.76 Å². The predicted molar refractivity (Wildman–Crippen MR) is 85.1 cm³/mol. The van der Waals surface area contributed by atoms with Gasteiger partial charge in [0.15, 0.2) is 0 Å². The maximum absolute atomic E-state index is 12.8. The molecule has 118 valence electrons. The highest BCUT2D eigenvalue weighted by molar-refractivity contribution is 5.95. The Morgan fingerprint density at radius 1 is 1.23 bits per heavy atom. The Balaban J connectivity index is 1.81. The minimum Gasteiger partial charge on any atom is -0.467 e. The van der Waals surface area contributed by atoms with E-state index < -0.39 is 0 Å². The molecule has 0 unspecified atom stereocenters. The minimum atomic E-state index is 0.145. The van der Waals surface area contributed by atoms with Crippen molar-refractivity contribution in [1.82, 2.24) is 14.4 Å². The molecular formula is C17H23N3O2. The molecular weight excluding hydrogens is 278 g/mol. The largest absolute Gasteiger partial charge is 0.467 e. The molecule has 5 nitrogen and oxygen atoms in total. The fourth-order valence-electron chi connectivity index (χ4n) is 3.00. The third kappa shape index (κ3) is 2.81. The van der Waals surface area contributed by atoms with Gasteiger partial charge in [-0.2, -0.15) is 0 Å². The predicted octanol–water partition coefficient (Wildman–Crippen LogP) is 2.13. The number of hydrogen-bond donors (Lipinski definition) is 0.